The lowest BCUT2D eigenvalue weighted by atomic mass is 10.0. The highest BCUT2D eigenvalue weighted by Crippen LogP contribution is 2.25. The Morgan fingerprint density at radius 2 is 2.05 bits per heavy atom. The summed E-state index contributed by atoms with van der Waals surface area (Å²) in [4.78, 5) is 8.67. The Morgan fingerprint density at radius 1 is 1.24 bits per heavy atom. The van der Waals surface area contributed by atoms with Gasteiger partial charge < -0.3 is 10.1 Å². The van der Waals surface area contributed by atoms with E-state index in [0.717, 1.165) is 18.7 Å². The van der Waals surface area contributed by atoms with E-state index >= 15 is 0 Å². The minimum Gasteiger partial charge on any atom is -0.490 e. The number of aromatic nitrogens is 2. The normalized spacial score (nSPS) is 18.4. The molecule has 0 aliphatic carbocycles. The first-order chi connectivity index (χ1) is 10.3. The van der Waals surface area contributed by atoms with Crippen molar-refractivity contribution in [3.63, 3.8) is 0 Å². The van der Waals surface area contributed by atoms with Gasteiger partial charge in [-0.2, -0.15) is 0 Å². The molecular weight excluding hydrogens is 286 g/mol. The molecule has 1 atom stereocenters. The van der Waals surface area contributed by atoms with E-state index in [-0.39, 0.29) is 0 Å². The van der Waals surface area contributed by atoms with Crippen molar-refractivity contribution < 1.29 is 4.74 Å². The van der Waals surface area contributed by atoms with E-state index in [4.69, 9.17) is 16.3 Å². The largest absolute Gasteiger partial charge is 0.490 e. The average Bonchev–Trinajstić information content (AvgIpc) is 2.55. The zero-order valence-electron chi connectivity index (χ0n) is 11.8. The number of rotatable bonds is 4. The van der Waals surface area contributed by atoms with Gasteiger partial charge in [0.25, 0.3) is 0 Å². The van der Waals surface area contributed by atoms with Gasteiger partial charge in [0.15, 0.2) is 11.6 Å². The van der Waals surface area contributed by atoms with Gasteiger partial charge in [0.1, 0.15) is 0 Å². The Kier molecular flexibility index (Phi) is 4.68. The van der Waals surface area contributed by atoms with Crippen LogP contribution in [0.1, 0.15) is 12.8 Å². The summed E-state index contributed by atoms with van der Waals surface area (Å²) < 4.78 is 5.77. The highest BCUT2D eigenvalue weighted by atomic mass is 35.5. The van der Waals surface area contributed by atoms with E-state index < -0.39 is 0 Å². The minimum absolute atomic E-state index is 0.571. The number of nitrogens with zero attached hydrogens (tertiary/aromatic N) is 2. The van der Waals surface area contributed by atoms with Crippen molar-refractivity contribution in [1.82, 2.24) is 15.3 Å². The summed E-state index contributed by atoms with van der Waals surface area (Å²) in [6, 6.07) is 7.55. The van der Waals surface area contributed by atoms with E-state index in [2.05, 4.69) is 15.3 Å². The second-order valence-electron chi connectivity index (χ2n) is 5.25. The van der Waals surface area contributed by atoms with Gasteiger partial charge in [0, 0.05) is 18.0 Å². The van der Waals surface area contributed by atoms with E-state index in [0.29, 0.717) is 29.1 Å². The molecule has 1 fully saturated rings. The van der Waals surface area contributed by atoms with Gasteiger partial charge in [-0.15, -0.1) is 0 Å². The molecular formula is C16H18ClN3O. The summed E-state index contributed by atoms with van der Waals surface area (Å²) in [7, 11) is 0. The molecule has 1 aliphatic heterocycles. The van der Waals surface area contributed by atoms with Crippen molar-refractivity contribution in [2.45, 2.75) is 12.8 Å². The summed E-state index contributed by atoms with van der Waals surface area (Å²) >= 11 is 6.14. The predicted octanol–water partition coefficient (Wildman–Crippen LogP) is 3.18. The van der Waals surface area contributed by atoms with Crippen molar-refractivity contribution >= 4 is 11.6 Å². The molecule has 3 rings (SSSR count). The first kappa shape index (κ1) is 14.3. The SMILES string of the molecule is Clc1ccccc1-c1ncc(OCC2CCCNC2)cn1. The van der Waals surface area contributed by atoms with E-state index in [1.807, 2.05) is 24.3 Å². The molecule has 21 heavy (non-hydrogen) atoms. The zero-order valence-corrected chi connectivity index (χ0v) is 12.5. The van der Waals surface area contributed by atoms with Crippen molar-refractivity contribution in [3.8, 4) is 17.1 Å². The predicted molar refractivity (Wildman–Crippen MR) is 83.6 cm³/mol. The quantitative estimate of drug-likeness (QED) is 0.942. The van der Waals surface area contributed by atoms with Crippen molar-refractivity contribution in [2.75, 3.05) is 19.7 Å². The number of benzene rings is 1. The Morgan fingerprint density at radius 3 is 2.76 bits per heavy atom. The molecule has 1 N–H and O–H groups in total. The van der Waals surface area contributed by atoms with Crippen LogP contribution >= 0.6 is 11.6 Å². The lowest BCUT2D eigenvalue weighted by Gasteiger charge is -2.22. The number of nitrogens with one attached hydrogen (secondary N) is 1. The Balaban J connectivity index is 1.63. The van der Waals surface area contributed by atoms with Crippen LogP contribution in [0, 0.1) is 5.92 Å². The van der Waals surface area contributed by atoms with Crippen LogP contribution in [0.4, 0.5) is 0 Å². The van der Waals surface area contributed by atoms with Gasteiger partial charge in [-0.05, 0) is 31.5 Å². The molecule has 0 saturated carbocycles. The van der Waals surface area contributed by atoms with Crippen LogP contribution in [0.15, 0.2) is 36.7 Å². The molecule has 1 saturated heterocycles. The fourth-order valence-electron chi connectivity index (χ4n) is 2.45. The Hall–Kier alpha value is -1.65. The smallest absolute Gasteiger partial charge is 0.160 e. The van der Waals surface area contributed by atoms with Crippen LogP contribution in [0.25, 0.3) is 11.4 Å². The van der Waals surface area contributed by atoms with Crippen LogP contribution in [-0.4, -0.2) is 29.7 Å². The van der Waals surface area contributed by atoms with Crippen LogP contribution < -0.4 is 10.1 Å². The minimum atomic E-state index is 0.571. The molecule has 1 aromatic carbocycles. The topological polar surface area (TPSA) is 47.0 Å². The van der Waals surface area contributed by atoms with E-state index in [9.17, 15) is 0 Å². The number of piperidine rings is 1. The highest BCUT2D eigenvalue weighted by molar-refractivity contribution is 6.33. The lowest BCUT2D eigenvalue weighted by molar-refractivity contribution is 0.217. The fourth-order valence-corrected chi connectivity index (χ4v) is 2.67. The molecule has 2 heterocycles. The number of ether oxygens (including phenoxy) is 1. The maximum Gasteiger partial charge on any atom is 0.160 e. The maximum atomic E-state index is 6.14. The first-order valence-corrected chi connectivity index (χ1v) is 7.61. The molecule has 110 valence electrons. The molecule has 1 aliphatic rings. The Bertz CT molecular complexity index is 582. The summed E-state index contributed by atoms with van der Waals surface area (Å²) in [5.41, 5.74) is 0.835. The van der Waals surface area contributed by atoms with Crippen molar-refractivity contribution in [3.05, 3.63) is 41.7 Å². The van der Waals surface area contributed by atoms with Gasteiger partial charge in [-0.1, -0.05) is 23.7 Å². The third kappa shape index (κ3) is 3.71. The molecule has 2 aromatic rings. The molecule has 0 radical (unpaired) electrons. The van der Waals surface area contributed by atoms with Gasteiger partial charge >= 0.3 is 0 Å². The second kappa shape index (κ2) is 6.87. The first-order valence-electron chi connectivity index (χ1n) is 7.23. The molecule has 5 heteroatoms. The van der Waals surface area contributed by atoms with Crippen LogP contribution in [0.5, 0.6) is 5.75 Å². The van der Waals surface area contributed by atoms with E-state index in [1.54, 1.807) is 12.4 Å². The molecule has 1 unspecified atom stereocenters. The third-order valence-electron chi connectivity index (χ3n) is 3.63. The summed E-state index contributed by atoms with van der Waals surface area (Å²) in [6.45, 7) is 2.85. The molecule has 0 spiro atoms. The van der Waals surface area contributed by atoms with E-state index in [1.165, 1.54) is 12.8 Å². The number of halogens is 1. The Labute approximate surface area is 129 Å². The number of hydrogen-bond donors (Lipinski definition) is 1. The number of hydrogen-bond acceptors (Lipinski definition) is 4. The molecule has 1 aromatic heterocycles. The van der Waals surface area contributed by atoms with Crippen molar-refractivity contribution in [1.29, 1.82) is 0 Å². The van der Waals surface area contributed by atoms with Gasteiger partial charge in [0.2, 0.25) is 0 Å². The molecule has 4 nitrogen and oxygen atoms in total. The van der Waals surface area contributed by atoms with Crippen LogP contribution in [-0.2, 0) is 0 Å². The van der Waals surface area contributed by atoms with Gasteiger partial charge in [-0.25, -0.2) is 9.97 Å². The molecule has 0 amide bonds. The van der Waals surface area contributed by atoms with Crippen molar-refractivity contribution in [2.24, 2.45) is 5.92 Å². The monoisotopic (exact) mass is 303 g/mol. The standard InChI is InChI=1S/C16H18ClN3O/c17-15-6-2-1-5-14(15)16-19-9-13(10-20-16)21-11-12-4-3-7-18-8-12/h1-2,5-6,9-10,12,18H,3-4,7-8,11H2. The molecule has 0 bridgehead atoms. The van der Waals surface area contributed by atoms with Gasteiger partial charge in [-0.3, -0.25) is 0 Å². The summed E-state index contributed by atoms with van der Waals surface area (Å²) in [5.74, 6) is 1.89. The van der Waals surface area contributed by atoms with Crippen LogP contribution in [0.3, 0.4) is 0 Å². The maximum absolute atomic E-state index is 6.14. The average molecular weight is 304 g/mol. The second-order valence-corrected chi connectivity index (χ2v) is 5.65. The fraction of sp³-hybridized carbons (Fsp3) is 0.375. The highest BCUT2D eigenvalue weighted by Gasteiger charge is 2.13. The summed E-state index contributed by atoms with van der Waals surface area (Å²) in [5, 5.41) is 4.03. The zero-order chi connectivity index (χ0) is 14.5. The van der Waals surface area contributed by atoms with Crippen LogP contribution in [0.2, 0.25) is 5.02 Å². The summed E-state index contributed by atoms with van der Waals surface area (Å²) in [6.07, 6.45) is 5.85. The third-order valence-corrected chi connectivity index (χ3v) is 3.96. The lowest BCUT2D eigenvalue weighted by Crippen LogP contribution is -2.33. The van der Waals surface area contributed by atoms with Gasteiger partial charge in [0.05, 0.1) is 24.0 Å².